The van der Waals surface area contributed by atoms with Crippen LogP contribution in [-0.2, 0) is 14.3 Å². The smallest absolute Gasteiger partial charge is 0.317 e. The van der Waals surface area contributed by atoms with E-state index in [1.54, 1.807) is 21.3 Å². The van der Waals surface area contributed by atoms with Crippen molar-refractivity contribution in [2.24, 2.45) is 0 Å². The number of urea groups is 1. The van der Waals surface area contributed by atoms with Crippen LogP contribution in [0.2, 0.25) is 0 Å². The fourth-order valence-corrected chi connectivity index (χ4v) is 1.30. The number of amides is 2. The second-order valence-corrected chi connectivity index (χ2v) is 3.92. The molecule has 2 amide bonds. The number of methoxy groups -OCH3 is 2. The number of carboxylic acid groups (broad SMARTS) is 1. The number of carbonyl (C=O) groups excluding carboxylic acids is 1. The molecule has 7 heteroatoms. The molecule has 0 saturated carbocycles. The maximum absolute atomic E-state index is 11.6. The van der Waals surface area contributed by atoms with E-state index in [0.29, 0.717) is 26.1 Å². The molecule has 0 aromatic rings. The molecule has 2 N–H and O–H groups in total. The molecule has 1 unspecified atom stereocenters. The molecule has 0 saturated heterocycles. The van der Waals surface area contributed by atoms with Gasteiger partial charge in [-0.15, -0.1) is 0 Å². The van der Waals surface area contributed by atoms with Crippen LogP contribution in [0.5, 0.6) is 0 Å². The van der Waals surface area contributed by atoms with E-state index < -0.39 is 5.97 Å². The van der Waals surface area contributed by atoms with Gasteiger partial charge in [-0.25, -0.2) is 4.79 Å². The highest BCUT2D eigenvalue weighted by atomic mass is 16.5. The lowest BCUT2D eigenvalue weighted by Gasteiger charge is -2.20. The molecule has 0 aliphatic heterocycles. The van der Waals surface area contributed by atoms with Crippen LogP contribution in [0.15, 0.2) is 0 Å². The zero-order chi connectivity index (χ0) is 14.0. The summed E-state index contributed by atoms with van der Waals surface area (Å²) in [6, 6.07) is -0.251. The highest BCUT2D eigenvalue weighted by molar-refractivity contribution is 5.74. The predicted molar refractivity (Wildman–Crippen MR) is 65.6 cm³/mol. The number of nitrogens with one attached hydrogen (secondary N) is 1. The molecule has 0 rings (SSSR count). The maximum atomic E-state index is 11.6. The number of carbonyl (C=O) groups is 2. The number of ether oxygens (including phenoxy) is 2. The van der Waals surface area contributed by atoms with E-state index in [4.69, 9.17) is 14.6 Å². The van der Waals surface area contributed by atoms with Gasteiger partial charge in [0.05, 0.1) is 12.7 Å². The van der Waals surface area contributed by atoms with Gasteiger partial charge in [0, 0.05) is 40.8 Å². The summed E-state index contributed by atoms with van der Waals surface area (Å²) in [4.78, 5) is 23.4. The van der Waals surface area contributed by atoms with Gasteiger partial charge in [0.1, 0.15) is 0 Å². The Morgan fingerprint density at radius 2 is 2.06 bits per heavy atom. The fraction of sp³-hybridized carbons (Fsp3) is 0.818. The number of aliphatic carboxylic acids is 1. The van der Waals surface area contributed by atoms with Crippen molar-refractivity contribution in [1.82, 2.24) is 10.2 Å². The minimum Gasteiger partial charge on any atom is -0.481 e. The van der Waals surface area contributed by atoms with Crippen molar-refractivity contribution in [3.05, 3.63) is 0 Å². The number of nitrogens with zero attached hydrogens (tertiary/aromatic N) is 1. The normalized spacial score (nSPS) is 11.9. The molecule has 0 aliphatic carbocycles. The van der Waals surface area contributed by atoms with Crippen molar-refractivity contribution in [2.75, 3.05) is 41.0 Å². The molecule has 18 heavy (non-hydrogen) atoms. The summed E-state index contributed by atoms with van der Waals surface area (Å²) >= 11 is 0. The van der Waals surface area contributed by atoms with Crippen LogP contribution in [0.25, 0.3) is 0 Å². The first-order chi connectivity index (χ1) is 8.51. The van der Waals surface area contributed by atoms with Crippen molar-refractivity contribution in [2.45, 2.75) is 18.9 Å². The molecule has 106 valence electrons. The lowest BCUT2D eigenvalue weighted by atomic mass is 10.3. The third-order valence-electron chi connectivity index (χ3n) is 2.40. The van der Waals surface area contributed by atoms with Gasteiger partial charge < -0.3 is 24.8 Å². The Balaban J connectivity index is 3.82. The summed E-state index contributed by atoms with van der Waals surface area (Å²) in [6.45, 7) is 1.16. The Bertz CT molecular complexity index is 260. The number of hydrogen-bond donors (Lipinski definition) is 2. The molecule has 0 spiro atoms. The van der Waals surface area contributed by atoms with E-state index in [1.807, 2.05) is 0 Å². The van der Waals surface area contributed by atoms with E-state index in [-0.39, 0.29) is 18.6 Å². The number of rotatable bonds is 9. The molecule has 0 aliphatic rings. The Morgan fingerprint density at radius 1 is 1.39 bits per heavy atom. The average molecular weight is 262 g/mol. The monoisotopic (exact) mass is 262 g/mol. The Hall–Kier alpha value is -1.34. The predicted octanol–water partition coefficient (Wildman–Crippen LogP) is 0.154. The molecule has 7 nitrogen and oxygen atoms in total. The fourth-order valence-electron chi connectivity index (χ4n) is 1.30. The van der Waals surface area contributed by atoms with Crippen molar-refractivity contribution in [3.63, 3.8) is 0 Å². The van der Waals surface area contributed by atoms with E-state index in [0.717, 1.165) is 0 Å². The van der Waals surface area contributed by atoms with Crippen molar-refractivity contribution in [3.8, 4) is 0 Å². The lowest BCUT2D eigenvalue weighted by Crippen LogP contribution is -2.42. The van der Waals surface area contributed by atoms with E-state index >= 15 is 0 Å². The van der Waals surface area contributed by atoms with Crippen LogP contribution in [0, 0.1) is 0 Å². The standard InChI is InChI=1S/C11H22N2O5/c1-13(6-4-5-10(14)15)11(16)12-7-9(18-3)8-17-2/h9H,4-8H2,1-3H3,(H,12,16)(H,14,15). The van der Waals surface area contributed by atoms with Gasteiger partial charge in [-0.3, -0.25) is 4.79 Å². The summed E-state index contributed by atoms with van der Waals surface area (Å²) in [6.07, 6.45) is 0.305. The van der Waals surface area contributed by atoms with Gasteiger partial charge in [-0.2, -0.15) is 0 Å². The Morgan fingerprint density at radius 3 is 2.56 bits per heavy atom. The largest absolute Gasteiger partial charge is 0.481 e. The zero-order valence-electron chi connectivity index (χ0n) is 11.1. The number of carboxylic acids is 1. The van der Waals surface area contributed by atoms with Gasteiger partial charge >= 0.3 is 12.0 Å². The maximum Gasteiger partial charge on any atom is 0.317 e. The molecule has 0 fully saturated rings. The van der Waals surface area contributed by atoms with Crippen LogP contribution >= 0.6 is 0 Å². The first kappa shape index (κ1) is 16.7. The Kier molecular flexibility index (Phi) is 8.95. The van der Waals surface area contributed by atoms with Gasteiger partial charge in [0.25, 0.3) is 0 Å². The van der Waals surface area contributed by atoms with Crippen LogP contribution in [0.3, 0.4) is 0 Å². The van der Waals surface area contributed by atoms with Crippen LogP contribution in [-0.4, -0.2) is 69.1 Å². The first-order valence-electron chi connectivity index (χ1n) is 5.73. The third kappa shape index (κ3) is 7.86. The minimum atomic E-state index is -0.858. The molecule has 0 aromatic heterocycles. The van der Waals surface area contributed by atoms with Crippen LogP contribution in [0.1, 0.15) is 12.8 Å². The quantitative estimate of drug-likeness (QED) is 0.617. The van der Waals surface area contributed by atoms with Gasteiger partial charge in [0.2, 0.25) is 0 Å². The summed E-state index contributed by atoms with van der Waals surface area (Å²) in [7, 11) is 4.73. The molecular weight excluding hydrogens is 240 g/mol. The SMILES string of the molecule is COCC(CNC(=O)N(C)CCCC(=O)O)OC. The van der Waals surface area contributed by atoms with Crippen molar-refractivity contribution >= 4 is 12.0 Å². The summed E-state index contributed by atoms with van der Waals surface area (Å²) in [5.41, 5.74) is 0. The molecule has 0 heterocycles. The van der Waals surface area contributed by atoms with E-state index in [9.17, 15) is 9.59 Å². The van der Waals surface area contributed by atoms with E-state index in [2.05, 4.69) is 5.32 Å². The van der Waals surface area contributed by atoms with Crippen molar-refractivity contribution in [1.29, 1.82) is 0 Å². The summed E-state index contributed by atoms with van der Waals surface area (Å²) in [5, 5.41) is 11.2. The zero-order valence-corrected chi connectivity index (χ0v) is 11.1. The number of hydrogen-bond acceptors (Lipinski definition) is 4. The van der Waals surface area contributed by atoms with Crippen LogP contribution in [0.4, 0.5) is 4.79 Å². The molecule has 0 bridgehead atoms. The molecule has 1 atom stereocenters. The highest BCUT2D eigenvalue weighted by Gasteiger charge is 2.12. The Labute approximate surface area is 107 Å². The summed E-state index contributed by atoms with van der Waals surface area (Å²) in [5.74, 6) is -0.858. The first-order valence-corrected chi connectivity index (χ1v) is 5.73. The minimum absolute atomic E-state index is 0.0575. The van der Waals surface area contributed by atoms with Gasteiger partial charge in [-0.1, -0.05) is 0 Å². The highest BCUT2D eigenvalue weighted by Crippen LogP contribution is 1.95. The summed E-state index contributed by atoms with van der Waals surface area (Å²) < 4.78 is 10.0. The van der Waals surface area contributed by atoms with Gasteiger partial charge in [0.15, 0.2) is 0 Å². The molecule has 0 radical (unpaired) electrons. The topological polar surface area (TPSA) is 88.1 Å². The van der Waals surface area contributed by atoms with Crippen LogP contribution < -0.4 is 5.32 Å². The molecular formula is C11H22N2O5. The average Bonchev–Trinajstić information content (AvgIpc) is 2.33. The van der Waals surface area contributed by atoms with Gasteiger partial charge in [-0.05, 0) is 6.42 Å². The lowest BCUT2D eigenvalue weighted by molar-refractivity contribution is -0.137. The van der Waals surface area contributed by atoms with Crippen molar-refractivity contribution < 1.29 is 24.2 Å². The second kappa shape index (κ2) is 9.67. The second-order valence-electron chi connectivity index (χ2n) is 3.92. The third-order valence-corrected chi connectivity index (χ3v) is 2.40. The molecule has 0 aromatic carbocycles. The van der Waals surface area contributed by atoms with E-state index in [1.165, 1.54) is 4.90 Å².